The highest BCUT2D eigenvalue weighted by atomic mass is 16.5. The Morgan fingerprint density at radius 2 is 1.79 bits per heavy atom. The summed E-state index contributed by atoms with van der Waals surface area (Å²) < 4.78 is 10.3. The molecule has 1 aliphatic heterocycles. The molecule has 0 spiro atoms. The van der Waals surface area contributed by atoms with Gasteiger partial charge < -0.3 is 20.1 Å². The number of amidine groups is 1. The minimum absolute atomic E-state index is 0.170. The van der Waals surface area contributed by atoms with Gasteiger partial charge in [-0.3, -0.25) is 5.41 Å². The average molecular weight is 265 g/mol. The van der Waals surface area contributed by atoms with Crippen molar-refractivity contribution < 1.29 is 9.47 Å². The van der Waals surface area contributed by atoms with Crippen LogP contribution in [0.2, 0.25) is 0 Å². The van der Waals surface area contributed by atoms with Crippen LogP contribution in [-0.4, -0.2) is 43.1 Å². The Morgan fingerprint density at radius 3 is 2.21 bits per heavy atom. The predicted molar refractivity (Wildman–Crippen MR) is 72.0 cm³/mol. The quantitative estimate of drug-likeness (QED) is 0.612. The first-order valence-corrected chi connectivity index (χ1v) is 6.20. The highest BCUT2D eigenvalue weighted by molar-refractivity contribution is 5.79. The maximum Gasteiger partial charge on any atom is 0.231 e. The van der Waals surface area contributed by atoms with E-state index in [0.29, 0.717) is 17.7 Å². The highest BCUT2D eigenvalue weighted by Crippen LogP contribution is 2.24. The number of hydrogen-bond acceptors (Lipinski definition) is 6. The second-order valence-electron chi connectivity index (χ2n) is 4.47. The van der Waals surface area contributed by atoms with Crippen molar-refractivity contribution in [1.82, 2.24) is 9.97 Å². The van der Waals surface area contributed by atoms with Gasteiger partial charge in [0.15, 0.2) is 0 Å². The maximum atomic E-state index is 7.48. The van der Waals surface area contributed by atoms with Crippen molar-refractivity contribution in [3.8, 4) is 11.8 Å². The summed E-state index contributed by atoms with van der Waals surface area (Å²) in [6.45, 7) is 1.56. The summed E-state index contributed by atoms with van der Waals surface area (Å²) in [5.74, 6) is 2.00. The van der Waals surface area contributed by atoms with E-state index in [4.69, 9.17) is 20.6 Å². The number of aromatic nitrogens is 2. The van der Waals surface area contributed by atoms with Crippen LogP contribution in [0.4, 0.5) is 5.95 Å². The van der Waals surface area contributed by atoms with Gasteiger partial charge in [0.1, 0.15) is 0 Å². The number of anilines is 1. The molecule has 19 heavy (non-hydrogen) atoms. The molecule has 7 heteroatoms. The van der Waals surface area contributed by atoms with Gasteiger partial charge in [-0.15, -0.1) is 0 Å². The molecule has 0 bridgehead atoms. The number of nitrogens with zero attached hydrogens (tertiary/aromatic N) is 3. The van der Waals surface area contributed by atoms with Crippen LogP contribution in [0.5, 0.6) is 11.8 Å². The third-order valence-corrected chi connectivity index (χ3v) is 3.30. The standard InChI is InChI=1S/C12H19N5O2/c1-18-9-7-10(19-2)16-12(15-9)17-5-3-8(4-6-17)11(13)14/h7-8H,3-6H2,1-2H3,(H3,13,14). The summed E-state index contributed by atoms with van der Waals surface area (Å²) >= 11 is 0. The van der Waals surface area contributed by atoms with Gasteiger partial charge in [-0.05, 0) is 12.8 Å². The van der Waals surface area contributed by atoms with Gasteiger partial charge in [-0.2, -0.15) is 9.97 Å². The van der Waals surface area contributed by atoms with Crippen molar-refractivity contribution in [1.29, 1.82) is 5.41 Å². The summed E-state index contributed by atoms with van der Waals surface area (Å²) in [6, 6.07) is 1.64. The smallest absolute Gasteiger partial charge is 0.231 e. The molecule has 1 aromatic heterocycles. The van der Waals surface area contributed by atoms with E-state index in [9.17, 15) is 0 Å². The van der Waals surface area contributed by atoms with E-state index in [1.807, 2.05) is 0 Å². The molecule has 0 atom stereocenters. The molecule has 2 heterocycles. The van der Waals surface area contributed by atoms with Gasteiger partial charge in [0.2, 0.25) is 17.7 Å². The third-order valence-electron chi connectivity index (χ3n) is 3.30. The van der Waals surface area contributed by atoms with E-state index in [1.165, 1.54) is 0 Å². The van der Waals surface area contributed by atoms with E-state index in [1.54, 1.807) is 20.3 Å². The number of piperidine rings is 1. The molecule has 0 amide bonds. The highest BCUT2D eigenvalue weighted by Gasteiger charge is 2.23. The fourth-order valence-corrected chi connectivity index (χ4v) is 2.13. The van der Waals surface area contributed by atoms with Crippen molar-refractivity contribution in [3.63, 3.8) is 0 Å². The number of methoxy groups -OCH3 is 2. The van der Waals surface area contributed by atoms with Crippen molar-refractivity contribution in [2.24, 2.45) is 11.7 Å². The van der Waals surface area contributed by atoms with E-state index >= 15 is 0 Å². The second-order valence-corrected chi connectivity index (χ2v) is 4.47. The minimum atomic E-state index is 0.170. The molecule has 1 aromatic rings. The van der Waals surface area contributed by atoms with Crippen LogP contribution in [0, 0.1) is 11.3 Å². The van der Waals surface area contributed by atoms with Gasteiger partial charge in [-0.1, -0.05) is 0 Å². The van der Waals surface area contributed by atoms with Crippen LogP contribution in [0.15, 0.2) is 6.07 Å². The Kier molecular flexibility index (Phi) is 4.03. The van der Waals surface area contributed by atoms with E-state index in [-0.39, 0.29) is 11.8 Å². The van der Waals surface area contributed by atoms with Crippen LogP contribution in [0.25, 0.3) is 0 Å². The molecular weight excluding hydrogens is 246 g/mol. The van der Waals surface area contributed by atoms with Crippen LogP contribution in [-0.2, 0) is 0 Å². The first-order valence-electron chi connectivity index (χ1n) is 6.20. The van der Waals surface area contributed by atoms with E-state index in [0.717, 1.165) is 25.9 Å². The number of rotatable bonds is 4. The van der Waals surface area contributed by atoms with E-state index < -0.39 is 0 Å². The summed E-state index contributed by atoms with van der Waals surface area (Å²) in [4.78, 5) is 10.7. The zero-order valence-electron chi connectivity index (χ0n) is 11.2. The molecule has 0 aromatic carbocycles. The summed E-state index contributed by atoms with van der Waals surface area (Å²) in [6.07, 6.45) is 1.69. The second kappa shape index (κ2) is 5.73. The fraction of sp³-hybridized carbons (Fsp3) is 0.583. The molecule has 1 saturated heterocycles. The monoisotopic (exact) mass is 265 g/mol. The zero-order valence-corrected chi connectivity index (χ0v) is 11.2. The van der Waals surface area contributed by atoms with Crippen molar-refractivity contribution >= 4 is 11.8 Å². The Morgan fingerprint density at radius 1 is 1.26 bits per heavy atom. The van der Waals surface area contributed by atoms with Crippen molar-refractivity contribution in [2.45, 2.75) is 12.8 Å². The SMILES string of the molecule is COc1cc(OC)nc(N2CCC(C(=N)N)CC2)n1. The van der Waals surface area contributed by atoms with E-state index in [2.05, 4.69) is 14.9 Å². The van der Waals surface area contributed by atoms with Crippen LogP contribution >= 0.6 is 0 Å². The first-order chi connectivity index (χ1) is 9.13. The summed E-state index contributed by atoms with van der Waals surface area (Å²) in [5, 5.41) is 7.48. The van der Waals surface area contributed by atoms with Gasteiger partial charge in [0.05, 0.1) is 26.1 Å². The van der Waals surface area contributed by atoms with Gasteiger partial charge >= 0.3 is 0 Å². The van der Waals surface area contributed by atoms with Gasteiger partial charge in [0, 0.05) is 19.0 Å². The lowest BCUT2D eigenvalue weighted by atomic mass is 9.96. The number of nitrogens with two attached hydrogens (primary N) is 1. The minimum Gasteiger partial charge on any atom is -0.481 e. The predicted octanol–water partition coefficient (Wildman–Crippen LogP) is 0.646. The molecular formula is C12H19N5O2. The molecule has 0 saturated carbocycles. The lowest BCUT2D eigenvalue weighted by molar-refractivity contribution is 0.370. The molecule has 7 nitrogen and oxygen atoms in total. The van der Waals surface area contributed by atoms with Crippen LogP contribution in [0.1, 0.15) is 12.8 Å². The molecule has 0 radical (unpaired) electrons. The Labute approximate surface area is 112 Å². The Balaban J connectivity index is 2.12. The molecule has 1 aliphatic rings. The van der Waals surface area contributed by atoms with Crippen LogP contribution in [0.3, 0.4) is 0 Å². The average Bonchev–Trinajstić information content (AvgIpc) is 2.46. The van der Waals surface area contributed by atoms with Gasteiger partial charge in [-0.25, -0.2) is 0 Å². The Bertz CT molecular complexity index is 435. The lowest BCUT2D eigenvalue weighted by Crippen LogP contribution is -2.39. The maximum absolute atomic E-state index is 7.48. The molecule has 104 valence electrons. The first kappa shape index (κ1) is 13.4. The molecule has 0 aliphatic carbocycles. The summed E-state index contributed by atoms with van der Waals surface area (Å²) in [5.41, 5.74) is 5.54. The normalized spacial score (nSPS) is 16.2. The largest absolute Gasteiger partial charge is 0.481 e. The van der Waals surface area contributed by atoms with Gasteiger partial charge in [0.25, 0.3) is 0 Å². The topological polar surface area (TPSA) is 97.4 Å². The molecule has 0 unspecified atom stereocenters. The fourth-order valence-electron chi connectivity index (χ4n) is 2.13. The number of hydrogen-bond donors (Lipinski definition) is 2. The summed E-state index contributed by atoms with van der Waals surface area (Å²) in [7, 11) is 3.13. The van der Waals surface area contributed by atoms with Crippen LogP contribution < -0.4 is 20.1 Å². The number of nitrogens with one attached hydrogen (secondary N) is 1. The van der Waals surface area contributed by atoms with Crippen molar-refractivity contribution in [2.75, 3.05) is 32.2 Å². The lowest BCUT2D eigenvalue weighted by Gasteiger charge is -2.31. The zero-order chi connectivity index (χ0) is 13.8. The van der Waals surface area contributed by atoms with Crippen molar-refractivity contribution in [3.05, 3.63) is 6.07 Å². The molecule has 3 N–H and O–H groups in total. The number of ether oxygens (including phenoxy) is 2. The Hall–Kier alpha value is -2.05. The molecule has 1 fully saturated rings. The molecule has 2 rings (SSSR count). The third kappa shape index (κ3) is 3.04.